The zero-order valence-corrected chi connectivity index (χ0v) is 18.6. The number of nitrogens with zero attached hydrogens (tertiary/aromatic N) is 4. The van der Waals surface area contributed by atoms with E-state index in [1.807, 2.05) is 35.8 Å². The van der Waals surface area contributed by atoms with E-state index in [1.165, 1.54) is 31.0 Å². The highest BCUT2D eigenvalue weighted by molar-refractivity contribution is 9.10. The average molecular weight is 492 g/mol. The first-order chi connectivity index (χ1) is 14.4. The highest BCUT2D eigenvalue weighted by Crippen LogP contribution is 2.31. The second-order valence-electron chi connectivity index (χ2n) is 6.01. The molecule has 0 atom stereocenters. The Labute approximate surface area is 185 Å². The number of thioether (sulfide) groups is 1. The molecule has 3 aromatic rings. The number of rotatable bonds is 8. The number of carbonyl (C=O) groups is 1. The number of amides is 1. The van der Waals surface area contributed by atoms with E-state index in [0.717, 1.165) is 10.0 Å². The summed E-state index contributed by atoms with van der Waals surface area (Å²) in [6, 6.07) is 11.9. The molecule has 0 aliphatic heterocycles. The van der Waals surface area contributed by atoms with E-state index < -0.39 is 4.92 Å². The number of hydrogen-bond acceptors (Lipinski definition) is 7. The number of anilines is 1. The second-order valence-corrected chi connectivity index (χ2v) is 7.80. The van der Waals surface area contributed by atoms with Crippen LogP contribution >= 0.6 is 27.7 Å². The summed E-state index contributed by atoms with van der Waals surface area (Å²) < 4.78 is 7.81. The third kappa shape index (κ3) is 4.79. The van der Waals surface area contributed by atoms with Crippen LogP contribution in [0.1, 0.15) is 6.92 Å². The van der Waals surface area contributed by atoms with Gasteiger partial charge in [0, 0.05) is 16.6 Å². The number of benzene rings is 2. The third-order valence-corrected chi connectivity index (χ3v) is 5.81. The van der Waals surface area contributed by atoms with Crippen molar-refractivity contribution in [1.29, 1.82) is 0 Å². The molecule has 0 fully saturated rings. The van der Waals surface area contributed by atoms with E-state index in [4.69, 9.17) is 4.74 Å². The Morgan fingerprint density at radius 1 is 1.30 bits per heavy atom. The Hall–Kier alpha value is -2.92. The average Bonchev–Trinajstić information content (AvgIpc) is 3.15. The molecule has 1 amide bonds. The van der Waals surface area contributed by atoms with Crippen LogP contribution in [-0.4, -0.2) is 38.5 Å². The lowest BCUT2D eigenvalue weighted by molar-refractivity contribution is -0.384. The summed E-state index contributed by atoms with van der Waals surface area (Å²) in [6.45, 7) is 2.59. The van der Waals surface area contributed by atoms with E-state index in [0.29, 0.717) is 23.3 Å². The summed E-state index contributed by atoms with van der Waals surface area (Å²) in [7, 11) is 1.42. The van der Waals surface area contributed by atoms with Gasteiger partial charge < -0.3 is 14.6 Å². The number of carbonyl (C=O) groups excluding carboxylic acids is 1. The molecular weight excluding hydrogens is 474 g/mol. The zero-order chi connectivity index (χ0) is 21.7. The quantitative estimate of drug-likeness (QED) is 0.282. The van der Waals surface area contributed by atoms with E-state index in [9.17, 15) is 14.9 Å². The normalized spacial score (nSPS) is 10.6. The largest absolute Gasteiger partial charge is 0.496 e. The number of nitrogens with one attached hydrogen (secondary N) is 1. The molecule has 11 heteroatoms. The first-order valence-corrected chi connectivity index (χ1v) is 10.7. The van der Waals surface area contributed by atoms with Crippen LogP contribution in [0.2, 0.25) is 0 Å². The third-order valence-electron chi connectivity index (χ3n) is 4.16. The molecule has 30 heavy (non-hydrogen) atoms. The van der Waals surface area contributed by atoms with Gasteiger partial charge in [-0.3, -0.25) is 14.9 Å². The summed E-state index contributed by atoms with van der Waals surface area (Å²) in [5, 5.41) is 22.9. The van der Waals surface area contributed by atoms with Crippen molar-refractivity contribution in [3.05, 3.63) is 57.1 Å². The van der Waals surface area contributed by atoms with Gasteiger partial charge in [0.2, 0.25) is 5.91 Å². The van der Waals surface area contributed by atoms with Gasteiger partial charge in [0.25, 0.3) is 5.69 Å². The van der Waals surface area contributed by atoms with Crippen LogP contribution in [-0.2, 0) is 11.3 Å². The Morgan fingerprint density at radius 2 is 2.07 bits per heavy atom. The highest BCUT2D eigenvalue weighted by atomic mass is 79.9. The Balaban J connectivity index is 1.73. The molecule has 1 heterocycles. The topological polar surface area (TPSA) is 112 Å². The molecule has 0 spiro atoms. The number of ether oxygens (including phenoxy) is 1. The monoisotopic (exact) mass is 491 g/mol. The molecule has 0 radical (unpaired) electrons. The number of halogens is 1. The Bertz CT molecular complexity index is 1090. The van der Waals surface area contributed by atoms with Gasteiger partial charge in [-0.15, -0.1) is 10.2 Å². The minimum atomic E-state index is -0.566. The summed E-state index contributed by atoms with van der Waals surface area (Å²) in [5.41, 5.74) is 0.773. The van der Waals surface area contributed by atoms with Crippen LogP contribution in [0, 0.1) is 10.1 Å². The first-order valence-electron chi connectivity index (χ1n) is 8.87. The highest BCUT2D eigenvalue weighted by Gasteiger charge is 2.19. The number of nitro benzene ring substituents is 1. The van der Waals surface area contributed by atoms with Crippen molar-refractivity contribution in [2.75, 3.05) is 18.2 Å². The Morgan fingerprint density at radius 3 is 2.73 bits per heavy atom. The number of methoxy groups -OCH3 is 1. The van der Waals surface area contributed by atoms with Gasteiger partial charge in [0.1, 0.15) is 11.4 Å². The summed E-state index contributed by atoms with van der Waals surface area (Å²) in [4.78, 5) is 23.1. The van der Waals surface area contributed by atoms with Gasteiger partial charge in [-0.1, -0.05) is 45.9 Å². The van der Waals surface area contributed by atoms with Crippen LogP contribution in [0.25, 0.3) is 11.4 Å². The predicted molar refractivity (Wildman–Crippen MR) is 118 cm³/mol. The van der Waals surface area contributed by atoms with Gasteiger partial charge >= 0.3 is 0 Å². The lowest BCUT2D eigenvalue weighted by atomic mass is 10.2. The summed E-state index contributed by atoms with van der Waals surface area (Å²) in [6.07, 6.45) is 0. The van der Waals surface area contributed by atoms with Crippen molar-refractivity contribution in [3.8, 4) is 17.1 Å². The maximum atomic E-state index is 12.4. The van der Waals surface area contributed by atoms with Crippen molar-refractivity contribution in [3.63, 3.8) is 0 Å². The predicted octanol–water partition coefficient (Wildman–Crippen LogP) is 4.38. The fourth-order valence-corrected chi connectivity index (χ4v) is 4.00. The van der Waals surface area contributed by atoms with Crippen molar-refractivity contribution >= 4 is 45.0 Å². The fraction of sp³-hybridized carbons (Fsp3) is 0.211. The standard InChI is InChI=1S/C19H18BrN5O4S/c1-3-24-18(13-6-4-5-7-14(13)20)22-23-19(24)30-11-17(26)21-15-9-8-12(29-2)10-16(15)25(27)28/h4-10H,3,11H2,1-2H3,(H,21,26). The SMILES string of the molecule is CCn1c(SCC(=O)Nc2ccc(OC)cc2[N+](=O)[O-])nnc1-c1ccccc1Br. The molecule has 9 nitrogen and oxygen atoms in total. The van der Waals surface area contributed by atoms with Gasteiger partial charge in [-0.2, -0.15) is 0 Å². The second kappa shape index (κ2) is 9.72. The van der Waals surface area contributed by atoms with Crippen LogP contribution in [0.3, 0.4) is 0 Å². The number of aromatic nitrogens is 3. The molecule has 0 unspecified atom stereocenters. The smallest absolute Gasteiger partial charge is 0.296 e. The minimum absolute atomic E-state index is 0.0251. The van der Waals surface area contributed by atoms with Gasteiger partial charge in [-0.25, -0.2) is 0 Å². The van der Waals surface area contributed by atoms with Crippen molar-refractivity contribution in [2.45, 2.75) is 18.6 Å². The summed E-state index contributed by atoms with van der Waals surface area (Å²) in [5.74, 6) is 0.668. The Kier molecular flexibility index (Phi) is 7.06. The van der Waals surface area contributed by atoms with Crippen LogP contribution < -0.4 is 10.1 Å². The number of nitro groups is 1. The molecule has 1 aromatic heterocycles. The molecule has 156 valence electrons. The first kappa shape index (κ1) is 21.8. The van der Waals surface area contributed by atoms with Gasteiger partial charge in [0.15, 0.2) is 11.0 Å². The molecule has 0 saturated carbocycles. The van der Waals surface area contributed by atoms with E-state index in [1.54, 1.807) is 6.07 Å². The van der Waals surface area contributed by atoms with Crippen molar-refractivity contribution < 1.29 is 14.5 Å². The lowest BCUT2D eigenvalue weighted by Crippen LogP contribution is -2.15. The molecule has 3 rings (SSSR count). The van der Waals surface area contributed by atoms with Crippen molar-refractivity contribution in [1.82, 2.24) is 14.8 Å². The van der Waals surface area contributed by atoms with E-state index >= 15 is 0 Å². The maximum absolute atomic E-state index is 12.4. The van der Waals surface area contributed by atoms with Gasteiger partial charge in [0.05, 0.1) is 23.9 Å². The van der Waals surface area contributed by atoms with E-state index in [-0.39, 0.29) is 23.0 Å². The van der Waals surface area contributed by atoms with Crippen molar-refractivity contribution in [2.24, 2.45) is 0 Å². The van der Waals surface area contributed by atoms with Crippen LogP contribution in [0.15, 0.2) is 52.1 Å². The molecule has 0 bridgehead atoms. The molecular formula is C19H18BrN5O4S. The van der Waals surface area contributed by atoms with Crippen LogP contribution in [0.4, 0.5) is 11.4 Å². The molecule has 0 aliphatic rings. The zero-order valence-electron chi connectivity index (χ0n) is 16.2. The fourth-order valence-electron chi connectivity index (χ4n) is 2.73. The lowest BCUT2D eigenvalue weighted by Gasteiger charge is -2.09. The minimum Gasteiger partial charge on any atom is -0.496 e. The number of hydrogen-bond donors (Lipinski definition) is 1. The summed E-state index contributed by atoms with van der Waals surface area (Å²) >= 11 is 4.73. The maximum Gasteiger partial charge on any atom is 0.296 e. The molecule has 1 N–H and O–H groups in total. The molecule has 0 saturated heterocycles. The molecule has 2 aromatic carbocycles. The van der Waals surface area contributed by atoms with Gasteiger partial charge in [-0.05, 0) is 25.1 Å². The van der Waals surface area contributed by atoms with E-state index in [2.05, 4.69) is 31.4 Å². The molecule has 0 aliphatic carbocycles. The van der Waals surface area contributed by atoms with Crippen LogP contribution in [0.5, 0.6) is 5.75 Å².